The Morgan fingerprint density at radius 3 is 2.93 bits per heavy atom. The van der Waals surface area contributed by atoms with Gasteiger partial charge >= 0.3 is 0 Å². The van der Waals surface area contributed by atoms with E-state index >= 15 is 0 Å². The zero-order valence-electron chi connectivity index (χ0n) is 7.90. The Balaban J connectivity index is 2.68. The summed E-state index contributed by atoms with van der Waals surface area (Å²) in [5, 5.41) is 1.10. The summed E-state index contributed by atoms with van der Waals surface area (Å²) in [4.78, 5) is 14.8. The zero-order chi connectivity index (χ0) is 10.8. The molecule has 3 nitrogen and oxygen atoms in total. The van der Waals surface area contributed by atoms with Crippen LogP contribution >= 0.6 is 0 Å². The summed E-state index contributed by atoms with van der Waals surface area (Å²) in [5.74, 6) is -0.893. The highest BCUT2D eigenvalue weighted by molar-refractivity contribution is 5.88. The second-order valence-corrected chi connectivity index (χ2v) is 3.24. The Bertz CT molecular complexity index is 520. The number of nitrogens with zero attached hydrogens (tertiary/aromatic N) is 1. The normalized spacial score (nSPS) is 10.5. The summed E-state index contributed by atoms with van der Waals surface area (Å²) in [6.07, 6.45) is 1.50. The van der Waals surface area contributed by atoms with Crippen molar-refractivity contribution in [3.63, 3.8) is 0 Å². The van der Waals surface area contributed by atoms with Gasteiger partial charge in [0.1, 0.15) is 5.82 Å². The van der Waals surface area contributed by atoms with Crippen LogP contribution in [0.15, 0.2) is 30.5 Å². The second kappa shape index (κ2) is 3.65. The molecule has 4 heteroatoms. The first-order valence-electron chi connectivity index (χ1n) is 4.49. The highest BCUT2D eigenvalue weighted by Gasteiger charge is 2.09. The molecular weight excluding hydrogens is 195 g/mol. The van der Waals surface area contributed by atoms with Gasteiger partial charge in [-0.1, -0.05) is 12.1 Å². The number of hydrogen-bond acceptors (Lipinski definition) is 2. The third-order valence-electron chi connectivity index (χ3n) is 2.16. The van der Waals surface area contributed by atoms with Crippen molar-refractivity contribution in [3.8, 4) is 0 Å². The average molecular weight is 204 g/mol. The minimum Gasteiger partial charge on any atom is -0.369 e. The molecule has 0 radical (unpaired) electrons. The molecule has 2 N–H and O–H groups in total. The molecular formula is C11H9FN2O. The third kappa shape index (κ3) is 1.79. The van der Waals surface area contributed by atoms with E-state index < -0.39 is 5.91 Å². The lowest BCUT2D eigenvalue weighted by molar-refractivity contribution is -0.117. The number of primary amides is 1. The maximum atomic E-state index is 13.5. The van der Waals surface area contributed by atoms with Gasteiger partial charge in [0.2, 0.25) is 5.91 Å². The summed E-state index contributed by atoms with van der Waals surface area (Å²) in [5.41, 5.74) is 5.45. The number of aromatic nitrogens is 1. The predicted molar refractivity (Wildman–Crippen MR) is 54.6 cm³/mol. The van der Waals surface area contributed by atoms with E-state index in [1.165, 1.54) is 6.07 Å². The molecule has 2 aromatic rings. The zero-order valence-corrected chi connectivity index (χ0v) is 7.90. The van der Waals surface area contributed by atoms with Gasteiger partial charge in [0.15, 0.2) is 0 Å². The van der Waals surface area contributed by atoms with Crippen molar-refractivity contribution in [3.05, 3.63) is 42.0 Å². The second-order valence-electron chi connectivity index (χ2n) is 3.24. The van der Waals surface area contributed by atoms with Crippen LogP contribution in [0.3, 0.4) is 0 Å². The fourth-order valence-corrected chi connectivity index (χ4v) is 1.56. The van der Waals surface area contributed by atoms with Crippen LogP contribution in [0, 0.1) is 5.82 Å². The summed E-state index contributed by atoms with van der Waals surface area (Å²) in [7, 11) is 0. The van der Waals surface area contributed by atoms with Crippen LogP contribution in [-0.4, -0.2) is 10.9 Å². The fourth-order valence-electron chi connectivity index (χ4n) is 1.56. The van der Waals surface area contributed by atoms with E-state index in [-0.39, 0.29) is 12.2 Å². The molecule has 1 aromatic carbocycles. The molecule has 0 saturated heterocycles. The maximum absolute atomic E-state index is 13.5. The van der Waals surface area contributed by atoms with Crippen LogP contribution < -0.4 is 5.73 Å². The van der Waals surface area contributed by atoms with E-state index in [9.17, 15) is 9.18 Å². The lowest BCUT2D eigenvalue weighted by Crippen LogP contribution is -2.15. The van der Waals surface area contributed by atoms with Gasteiger partial charge in [-0.3, -0.25) is 9.78 Å². The van der Waals surface area contributed by atoms with E-state index in [1.54, 1.807) is 24.4 Å². The van der Waals surface area contributed by atoms with E-state index in [2.05, 4.69) is 4.98 Å². The van der Waals surface area contributed by atoms with Crippen LogP contribution in [0.1, 0.15) is 5.69 Å². The standard InChI is InChI=1S/C11H9FN2O/c12-8-3-1-2-7-4-5-14-9(11(7)8)6-10(13)15/h1-5H,6H2,(H2,13,15). The number of nitrogens with two attached hydrogens (primary N) is 1. The van der Waals surface area contributed by atoms with Gasteiger partial charge in [-0.25, -0.2) is 4.39 Å². The van der Waals surface area contributed by atoms with E-state index in [0.717, 1.165) is 5.39 Å². The summed E-state index contributed by atoms with van der Waals surface area (Å²) >= 11 is 0. The van der Waals surface area contributed by atoms with E-state index in [1.807, 2.05) is 0 Å². The molecule has 15 heavy (non-hydrogen) atoms. The number of carbonyl (C=O) groups is 1. The predicted octanol–water partition coefficient (Wildman–Crippen LogP) is 1.40. The number of pyridine rings is 1. The molecule has 0 unspecified atom stereocenters. The van der Waals surface area contributed by atoms with Gasteiger partial charge in [0.25, 0.3) is 0 Å². The Morgan fingerprint density at radius 1 is 1.40 bits per heavy atom. The molecule has 0 atom stereocenters. The highest BCUT2D eigenvalue weighted by atomic mass is 19.1. The summed E-state index contributed by atoms with van der Waals surface area (Å²) in [6, 6.07) is 6.42. The Kier molecular flexibility index (Phi) is 2.33. The minimum absolute atomic E-state index is 0.0434. The molecule has 1 heterocycles. The number of carbonyl (C=O) groups excluding carboxylic acids is 1. The topological polar surface area (TPSA) is 56.0 Å². The average Bonchev–Trinajstić information content (AvgIpc) is 2.17. The molecule has 0 aliphatic rings. The number of fused-ring (bicyclic) bond motifs is 1. The molecule has 2 rings (SSSR count). The third-order valence-corrected chi connectivity index (χ3v) is 2.16. The maximum Gasteiger partial charge on any atom is 0.223 e. The van der Waals surface area contributed by atoms with Crippen molar-refractivity contribution in [2.24, 2.45) is 5.73 Å². The van der Waals surface area contributed by atoms with Gasteiger partial charge in [-0.15, -0.1) is 0 Å². The first kappa shape index (κ1) is 9.58. The van der Waals surface area contributed by atoms with Crippen molar-refractivity contribution >= 4 is 16.7 Å². The summed E-state index contributed by atoms with van der Waals surface area (Å²) in [6.45, 7) is 0. The van der Waals surface area contributed by atoms with Gasteiger partial charge in [0.05, 0.1) is 12.1 Å². The van der Waals surface area contributed by atoms with Crippen LogP contribution in [-0.2, 0) is 11.2 Å². The van der Waals surface area contributed by atoms with Gasteiger partial charge in [-0.05, 0) is 17.5 Å². The number of amides is 1. The van der Waals surface area contributed by atoms with Crippen LogP contribution in [0.4, 0.5) is 4.39 Å². The number of halogens is 1. The summed E-state index contributed by atoms with van der Waals surface area (Å²) < 4.78 is 13.5. The molecule has 0 aliphatic carbocycles. The van der Waals surface area contributed by atoms with Crippen molar-refractivity contribution in [2.45, 2.75) is 6.42 Å². The lowest BCUT2D eigenvalue weighted by atomic mass is 10.1. The van der Waals surface area contributed by atoms with Gasteiger partial charge < -0.3 is 5.73 Å². The highest BCUT2D eigenvalue weighted by Crippen LogP contribution is 2.20. The van der Waals surface area contributed by atoms with Crippen LogP contribution in [0.25, 0.3) is 10.8 Å². The molecule has 1 amide bonds. The number of rotatable bonds is 2. The Hall–Kier alpha value is -1.97. The van der Waals surface area contributed by atoms with Gasteiger partial charge in [0, 0.05) is 11.6 Å². The smallest absolute Gasteiger partial charge is 0.223 e. The fraction of sp³-hybridized carbons (Fsp3) is 0.0909. The first-order chi connectivity index (χ1) is 7.18. The van der Waals surface area contributed by atoms with Crippen molar-refractivity contribution in [2.75, 3.05) is 0 Å². The van der Waals surface area contributed by atoms with Crippen molar-refractivity contribution in [1.29, 1.82) is 0 Å². The monoisotopic (exact) mass is 204 g/mol. The molecule has 0 saturated carbocycles. The Labute approximate surface area is 85.7 Å². The Morgan fingerprint density at radius 2 is 2.20 bits per heavy atom. The first-order valence-corrected chi connectivity index (χ1v) is 4.49. The number of benzene rings is 1. The largest absolute Gasteiger partial charge is 0.369 e. The molecule has 0 bridgehead atoms. The number of hydrogen-bond donors (Lipinski definition) is 1. The molecule has 0 fully saturated rings. The van der Waals surface area contributed by atoms with Crippen molar-refractivity contribution < 1.29 is 9.18 Å². The molecule has 0 aliphatic heterocycles. The molecule has 1 aromatic heterocycles. The molecule has 76 valence electrons. The SMILES string of the molecule is NC(=O)Cc1nccc2cccc(F)c12. The van der Waals surface area contributed by atoms with Crippen LogP contribution in [0.5, 0.6) is 0 Å². The molecule has 0 spiro atoms. The van der Waals surface area contributed by atoms with Gasteiger partial charge in [-0.2, -0.15) is 0 Å². The van der Waals surface area contributed by atoms with Crippen LogP contribution in [0.2, 0.25) is 0 Å². The van der Waals surface area contributed by atoms with E-state index in [4.69, 9.17) is 5.73 Å². The minimum atomic E-state index is -0.516. The van der Waals surface area contributed by atoms with E-state index in [0.29, 0.717) is 11.1 Å². The van der Waals surface area contributed by atoms with Crippen molar-refractivity contribution in [1.82, 2.24) is 4.98 Å². The lowest BCUT2D eigenvalue weighted by Gasteiger charge is -2.04. The quantitative estimate of drug-likeness (QED) is 0.803.